The van der Waals surface area contributed by atoms with Gasteiger partial charge in [-0.25, -0.2) is 0 Å². The molecule has 1 N–H and O–H groups in total. The molecule has 2 fully saturated rings. The second kappa shape index (κ2) is 9.35. The minimum Gasteiger partial charge on any atom is -0.382 e. The second-order valence-electron chi connectivity index (χ2n) is 5.73. The van der Waals surface area contributed by atoms with E-state index in [0.29, 0.717) is 19.1 Å². The van der Waals surface area contributed by atoms with Crippen LogP contribution in [0, 0.1) is 0 Å². The van der Waals surface area contributed by atoms with E-state index >= 15 is 0 Å². The molecule has 0 aromatic rings. The van der Waals surface area contributed by atoms with E-state index in [-0.39, 0.29) is 6.04 Å². The van der Waals surface area contributed by atoms with Gasteiger partial charge in [-0.1, -0.05) is 0 Å². The lowest BCUT2D eigenvalue weighted by molar-refractivity contribution is -0.136. The molecule has 0 saturated carbocycles. The van der Waals surface area contributed by atoms with Gasteiger partial charge >= 0.3 is 0 Å². The van der Waals surface area contributed by atoms with Crippen LogP contribution in [0.25, 0.3) is 0 Å². The second-order valence-corrected chi connectivity index (χ2v) is 5.73. The van der Waals surface area contributed by atoms with E-state index in [1.165, 1.54) is 0 Å². The molecule has 2 saturated heterocycles. The minimum atomic E-state index is 0.0991. The highest BCUT2D eigenvalue weighted by atomic mass is 16.5. The molecule has 1 amide bonds. The largest absolute Gasteiger partial charge is 0.382 e. The van der Waals surface area contributed by atoms with Crippen LogP contribution in [-0.4, -0.2) is 87.9 Å². The van der Waals surface area contributed by atoms with E-state index in [1.54, 1.807) is 7.11 Å². The summed E-state index contributed by atoms with van der Waals surface area (Å²) in [7, 11) is 1.68. The number of nitrogens with zero attached hydrogens (tertiary/aromatic N) is 2. The summed E-state index contributed by atoms with van der Waals surface area (Å²) in [5, 5.41) is 3.30. The number of nitrogens with one attached hydrogen (secondary N) is 1. The van der Waals surface area contributed by atoms with Crippen LogP contribution in [0.5, 0.6) is 0 Å². The summed E-state index contributed by atoms with van der Waals surface area (Å²) in [6.45, 7) is 7.59. The van der Waals surface area contributed by atoms with E-state index in [2.05, 4.69) is 10.2 Å². The molecule has 0 radical (unpaired) electrons. The Morgan fingerprint density at radius 2 is 2.00 bits per heavy atom. The molecule has 2 aliphatic heterocycles. The summed E-state index contributed by atoms with van der Waals surface area (Å²) in [6.07, 6.45) is 3.12. The molecule has 0 aromatic heterocycles. The zero-order valence-electron chi connectivity index (χ0n) is 13.2. The molecule has 0 bridgehead atoms. The van der Waals surface area contributed by atoms with Crippen molar-refractivity contribution in [3.63, 3.8) is 0 Å². The first kappa shape index (κ1) is 16.7. The van der Waals surface area contributed by atoms with Crippen molar-refractivity contribution in [1.82, 2.24) is 15.1 Å². The fourth-order valence-corrected chi connectivity index (χ4v) is 3.08. The third-order valence-electron chi connectivity index (χ3n) is 4.24. The molecular formula is C15H29N3O3. The van der Waals surface area contributed by atoms with Crippen LogP contribution in [-0.2, 0) is 14.3 Å². The molecule has 6 nitrogen and oxygen atoms in total. The van der Waals surface area contributed by atoms with Crippen molar-refractivity contribution >= 4 is 5.91 Å². The van der Waals surface area contributed by atoms with Crippen LogP contribution in [0.15, 0.2) is 0 Å². The van der Waals surface area contributed by atoms with Crippen molar-refractivity contribution in [2.24, 2.45) is 0 Å². The van der Waals surface area contributed by atoms with Crippen LogP contribution >= 0.6 is 0 Å². The summed E-state index contributed by atoms with van der Waals surface area (Å²) in [4.78, 5) is 17.0. The Balaban J connectivity index is 1.68. The summed E-state index contributed by atoms with van der Waals surface area (Å²) >= 11 is 0. The molecule has 21 heavy (non-hydrogen) atoms. The number of rotatable bonds is 8. The standard InChI is InChI=1S/C15H29N3O3/c1-20-12-13-21-11-3-8-17-7-2-4-14(17)15(19)18-9-5-16-6-10-18/h14,16H,2-13H2,1H3. The maximum Gasteiger partial charge on any atom is 0.240 e. The summed E-state index contributed by atoms with van der Waals surface area (Å²) in [6, 6.07) is 0.0991. The van der Waals surface area contributed by atoms with Gasteiger partial charge in [0.1, 0.15) is 0 Å². The van der Waals surface area contributed by atoms with Gasteiger partial charge in [-0.2, -0.15) is 0 Å². The number of hydrogen-bond donors (Lipinski definition) is 1. The van der Waals surface area contributed by atoms with Gasteiger partial charge in [-0.3, -0.25) is 9.69 Å². The fraction of sp³-hybridized carbons (Fsp3) is 0.933. The molecular weight excluding hydrogens is 270 g/mol. The van der Waals surface area contributed by atoms with E-state index in [9.17, 15) is 4.79 Å². The number of carbonyl (C=O) groups is 1. The Morgan fingerprint density at radius 1 is 1.19 bits per heavy atom. The zero-order valence-corrected chi connectivity index (χ0v) is 13.2. The van der Waals surface area contributed by atoms with Crippen LogP contribution in [0.2, 0.25) is 0 Å². The molecule has 122 valence electrons. The van der Waals surface area contributed by atoms with E-state index in [1.807, 2.05) is 4.90 Å². The monoisotopic (exact) mass is 299 g/mol. The summed E-state index contributed by atoms with van der Waals surface area (Å²) in [5.41, 5.74) is 0. The summed E-state index contributed by atoms with van der Waals surface area (Å²) < 4.78 is 10.4. The van der Waals surface area contributed by atoms with Gasteiger partial charge < -0.3 is 19.7 Å². The van der Waals surface area contributed by atoms with Crippen molar-refractivity contribution in [3.8, 4) is 0 Å². The van der Waals surface area contributed by atoms with Crippen molar-refractivity contribution in [2.45, 2.75) is 25.3 Å². The predicted molar refractivity (Wildman–Crippen MR) is 81.4 cm³/mol. The Morgan fingerprint density at radius 3 is 2.76 bits per heavy atom. The van der Waals surface area contributed by atoms with E-state index in [0.717, 1.165) is 65.1 Å². The first-order valence-corrected chi connectivity index (χ1v) is 8.13. The minimum absolute atomic E-state index is 0.0991. The quantitative estimate of drug-likeness (QED) is 0.636. The molecule has 1 atom stereocenters. The average Bonchev–Trinajstić information content (AvgIpc) is 2.99. The average molecular weight is 299 g/mol. The van der Waals surface area contributed by atoms with Crippen molar-refractivity contribution in [3.05, 3.63) is 0 Å². The highest BCUT2D eigenvalue weighted by Crippen LogP contribution is 2.19. The molecule has 1 unspecified atom stereocenters. The van der Waals surface area contributed by atoms with Gasteiger partial charge in [0.2, 0.25) is 5.91 Å². The molecule has 6 heteroatoms. The smallest absolute Gasteiger partial charge is 0.240 e. The lowest BCUT2D eigenvalue weighted by atomic mass is 10.1. The number of methoxy groups -OCH3 is 1. The molecule has 0 aliphatic carbocycles. The van der Waals surface area contributed by atoms with E-state index in [4.69, 9.17) is 9.47 Å². The van der Waals surface area contributed by atoms with Gasteiger partial charge in [-0.15, -0.1) is 0 Å². The lowest BCUT2D eigenvalue weighted by Gasteiger charge is -2.33. The first-order valence-electron chi connectivity index (χ1n) is 8.13. The maximum absolute atomic E-state index is 12.6. The van der Waals surface area contributed by atoms with Gasteiger partial charge in [0, 0.05) is 46.4 Å². The van der Waals surface area contributed by atoms with Crippen molar-refractivity contribution in [1.29, 1.82) is 0 Å². The van der Waals surface area contributed by atoms with E-state index < -0.39 is 0 Å². The highest BCUT2D eigenvalue weighted by Gasteiger charge is 2.33. The van der Waals surface area contributed by atoms with Crippen LogP contribution < -0.4 is 5.32 Å². The number of piperazine rings is 1. The van der Waals surface area contributed by atoms with Gasteiger partial charge in [0.15, 0.2) is 0 Å². The third kappa shape index (κ3) is 5.21. The molecule has 2 rings (SSSR count). The Kier molecular flexibility index (Phi) is 7.43. The summed E-state index contributed by atoms with van der Waals surface area (Å²) in [5.74, 6) is 0.328. The van der Waals surface area contributed by atoms with Crippen molar-refractivity contribution < 1.29 is 14.3 Å². The van der Waals surface area contributed by atoms with Gasteiger partial charge in [0.25, 0.3) is 0 Å². The van der Waals surface area contributed by atoms with Gasteiger partial charge in [0.05, 0.1) is 19.3 Å². The Bertz CT molecular complexity index is 309. The Hall–Kier alpha value is -0.690. The third-order valence-corrected chi connectivity index (χ3v) is 4.24. The fourth-order valence-electron chi connectivity index (χ4n) is 3.08. The normalized spacial score (nSPS) is 23.7. The number of carbonyl (C=O) groups excluding carboxylic acids is 1. The van der Waals surface area contributed by atoms with Crippen LogP contribution in [0.1, 0.15) is 19.3 Å². The highest BCUT2D eigenvalue weighted by molar-refractivity contribution is 5.82. The van der Waals surface area contributed by atoms with Gasteiger partial charge in [-0.05, 0) is 25.8 Å². The zero-order chi connectivity index (χ0) is 14.9. The SMILES string of the molecule is COCCOCCCN1CCCC1C(=O)N1CCNCC1. The number of likely N-dealkylation sites (tertiary alicyclic amines) is 1. The Labute approximate surface area is 127 Å². The number of hydrogen-bond acceptors (Lipinski definition) is 5. The number of ether oxygens (including phenoxy) is 2. The molecule has 2 heterocycles. The number of amides is 1. The molecule has 0 aromatic carbocycles. The topological polar surface area (TPSA) is 54.0 Å². The molecule has 0 spiro atoms. The predicted octanol–water partition coefficient (Wildman–Crippen LogP) is -0.0643. The first-order chi connectivity index (χ1) is 10.3. The molecule has 2 aliphatic rings. The van der Waals surface area contributed by atoms with Crippen LogP contribution in [0.3, 0.4) is 0 Å². The lowest BCUT2D eigenvalue weighted by Crippen LogP contribution is -2.52. The van der Waals surface area contributed by atoms with Crippen molar-refractivity contribution in [2.75, 3.05) is 66.2 Å². The van der Waals surface area contributed by atoms with Crippen LogP contribution in [0.4, 0.5) is 0 Å². The maximum atomic E-state index is 12.6.